The number of aryl methyl sites for hydroxylation is 1. The van der Waals surface area contributed by atoms with Crippen molar-refractivity contribution in [1.29, 1.82) is 0 Å². The molecule has 0 saturated carbocycles. The highest BCUT2D eigenvalue weighted by molar-refractivity contribution is 5.82. The minimum atomic E-state index is -0.393. The molecule has 0 spiro atoms. The van der Waals surface area contributed by atoms with E-state index < -0.39 is 5.82 Å². The van der Waals surface area contributed by atoms with Crippen molar-refractivity contribution in [3.05, 3.63) is 58.9 Å². The maximum absolute atomic E-state index is 13.1. The Labute approximate surface area is 189 Å². The van der Waals surface area contributed by atoms with E-state index in [1.165, 1.54) is 23.3 Å². The van der Waals surface area contributed by atoms with Crippen molar-refractivity contribution in [1.82, 2.24) is 5.32 Å². The second-order valence-corrected chi connectivity index (χ2v) is 8.55. The molecule has 6 heteroatoms. The highest BCUT2D eigenvalue weighted by atomic mass is 19.1. The molecule has 1 aliphatic rings. The van der Waals surface area contributed by atoms with Gasteiger partial charge in [0.1, 0.15) is 17.3 Å². The SMILES string of the molecule is COc1ccc2c(c1)CCCC2NC(=O)CCCCCCC(=O)Cc1ccc(F)cc1N. The third-order valence-corrected chi connectivity index (χ3v) is 6.10. The minimum absolute atomic E-state index is 0.0775. The number of methoxy groups -OCH3 is 1. The van der Waals surface area contributed by atoms with Crippen molar-refractivity contribution < 1.29 is 18.7 Å². The maximum Gasteiger partial charge on any atom is 0.220 e. The van der Waals surface area contributed by atoms with Gasteiger partial charge in [-0.2, -0.15) is 0 Å². The van der Waals surface area contributed by atoms with Gasteiger partial charge in [0.2, 0.25) is 5.91 Å². The fourth-order valence-electron chi connectivity index (χ4n) is 4.32. The monoisotopic (exact) mass is 440 g/mol. The van der Waals surface area contributed by atoms with E-state index in [-0.39, 0.29) is 24.2 Å². The predicted octanol–water partition coefficient (Wildman–Crippen LogP) is 5.06. The number of nitrogens with two attached hydrogens (primary N) is 1. The van der Waals surface area contributed by atoms with Crippen LogP contribution < -0.4 is 15.8 Å². The zero-order chi connectivity index (χ0) is 22.9. The number of carbonyl (C=O) groups excluding carboxylic acids is 2. The first kappa shape index (κ1) is 23.8. The zero-order valence-electron chi connectivity index (χ0n) is 18.8. The summed E-state index contributed by atoms with van der Waals surface area (Å²) >= 11 is 0. The quantitative estimate of drug-likeness (QED) is 0.378. The van der Waals surface area contributed by atoms with Crippen LogP contribution in [0.1, 0.15) is 74.1 Å². The lowest BCUT2D eigenvalue weighted by molar-refractivity contribution is -0.122. The van der Waals surface area contributed by atoms with Crippen molar-refractivity contribution in [2.75, 3.05) is 12.8 Å². The fourth-order valence-corrected chi connectivity index (χ4v) is 4.32. The number of ketones is 1. The van der Waals surface area contributed by atoms with Crippen LogP contribution in [0.15, 0.2) is 36.4 Å². The van der Waals surface area contributed by atoms with Gasteiger partial charge in [-0.15, -0.1) is 0 Å². The number of Topliss-reactive ketones (excluding diaryl/α,β-unsaturated/α-hetero) is 1. The molecule has 0 aromatic heterocycles. The van der Waals surface area contributed by atoms with E-state index in [1.54, 1.807) is 13.2 Å². The number of hydrogen-bond acceptors (Lipinski definition) is 4. The van der Waals surface area contributed by atoms with E-state index in [0.717, 1.165) is 50.7 Å². The molecule has 0 saturated heterocycles. The average Bonchev–Trinajstić information content (AvgIpc) is 2.78. The number of nitrogen functional groups attached to an aromatic ring is 1. The molecule has 2 aromatic rings. The molecule has 1 atom stereocenters. The summed E-state index contributed by atoms with van der Waals surface area (Å²) in [5, 5.41) is 3.19. The normalized spacial score (nSPS) is 15.1. The Bertz CT molecular complexity index is 945. The van der Waals surface area contributed by atoms with Crippen LogP contribution >= 0.6 is 0 Å². The molecule has 2 aromatic carbocycles. The number of benzene rings is 2. The maximum atomic E-state index is 13.1. The molecule has 0 aliphatic heterocycles. The molecule has 3 rings (SSSR count). The molecule has 0 bridgehead atoms. The van der Waals surface area contributed by atoms with Crippen LogP contribution in [-0.4, -0.2) is 18.8 Å². The number of unbranched alkanes of at least 4 members (excludes halogenated alkanes) is 3. The Morgan fingerprint density at radius 1 is 1.09 bits per heavy atom. The lowest BCUT2D eigenvalue weighted by atomic mass is 9.87. The first-order chi connectivity index (χ1) is 15.5. The Morgan fingerprint density at radius 2 is 1.88 bits per heavy atom. The summed E-state index contributed by atoms with van der Waals surface area (Å²) in [5.74, 6) is 0.654. The van der Waals surface area contributed by atoms with Gasteiger partial charge in [0, 0.05) is 24.9 Å². The molecule has 5 nitrogen and oxygen atoms in total. The van der Waals surface area contributed by atoms with Gasteiger partial charge in [-0.1, -0.05) is 25.0 Å². The van der Waals surface area contributed by atoms with Crippen LogP contribution in [0, 0.1) is 5.82 Å². The number of ether oxygens (including phenoxy) is 1. The second-order valence-electron chi connectivity index (χ2n) is 8.55. The number of rotatable bonds is 11. The lowest BCUT2D eigenvalue weighted by Crippen LogP contribution is -2.30. The van der Waals surface area contributed by atoms with Crippen LogP contribution in [0.25, 0.3) is 0 Å². The van der Waals surface area contributed by atoms with Crippen molar-refractivity contribution in [2.24, 2.45) is 0 Å². The summed E-state index contributed by atoms with van der Waals surface area (Å²) in [5.41, 5.74) is 9.22. The summed E-state index contributed by atoms with van der Waals surface area (Å²) in [6, 6.07) is 10.3. The fraction of sp³-hybridized carbons (Fsp3) is 0.462. The van der Waals surface area contributed by atoms with Crippen molar-refractivity contribution in [3.8, 4) is 5.75 Å². The van der Waals surface area contributed by atoms with Crippen molar-refractivity contribution >= 4 is 17.4 Å². The smallest absolute Gasteiger partial charge is 0.220 e. The van der Waals surface area contributed by atoms with E-state index >= 15 is 0 Å². The molecular formula is C26H33FN2O3. The van der Waals surface area contributed by atoms with Crippen LogP contribution in [-0.2, 0) is 22.4 Å². The molecule has 1 unspecified atom stereocenters. The number of amides is 1. The summed E-state index contributed by atoms with van der Waals surface area (Å²) in [7, 11) is 1.67. The van der Waals surface area contributed by atoms with Crippen LogP contribution in [0.3, 0.4) is 0 Å². The number of hydrogen-bond donors (Lipinski definition) is 2. The molecule has 172 valence electrons. The van der Waals surface area contributed by atoms with Gasteiger partial charge < -0.3 is 15.8 Å². The van der Waals surface area contributed by atoms with Gasteiger partial charge in [-0.05, 0) is 73.1 Å². The Morgan fingerprint density at radius 3 is 2.62 bits per heavy atom. The molecule has 3 N–H and O–H groups in total. The van der Waals surface area contributed by atoms with Gasteiger partial charge in [0.25, 0.3) is 0 Å². The topological polar surface area (TPSA) is 81.4 Å². The highest BCUT2D eigenvalue weighted by Crippen LogP contribution is 2.32. The summed E-state index contributed by atoms with van der Waals surface area (Å²) in [6.45, 7) is 0. The van der Waals surface area contributed by atoms with Crippen LogP contribution in [0.4, 0.5) is 10.1 Å². The van der Waals surface area contributed by atoms with Gasteiger partial charge in [-0.25, -0.2) is 4.39 Å². The standard InChI is InChI=1S/C26H33FN2O3/c1-32-22-13-14-23-18(16-22)7-6-9-25(23)29-26(31)10-5-3-2-4-8-21(30)15-19-11-12-20(27)17-24(19)28/h11-14,16-17,25H,2-10,15,28H2,1H3,(H,29,31). The Balaban J connectivity index is 1.32. The Kier molecular flexibility index (Phi) is 8.65. The Hall–Kier alpha value is -2.89. The first-order valence-electron chi connectivity index (χ1n) is 11.5. The predicted molar refractivity (Wildman–Crippen MR) is 124 cm³/mol. The summed E-state index contributed by atoms with van der Waals surface area (Å²) < 4.78 is 18.4. The van der Waals surface area contributed by atoms with Crippen molar-refractivity contribution in [2.45, 2.75) is 70.3 Å². The molecule has 1 amide bonds. The van der Waals surface area contributed by atoms with Gasteiger partial charge in [0.05, 0.1) is 13.2 Å². The third kappa shape index (κ3) is 6.81. The second kappa shape index (κ2) is 11.7. The van der Waals surface area contributed by atoms with Crippen LogP contribution in [0.5, 0.6) is 5.75 Å². The number of halogens is 1. The van der Waals surface area contributed by atoms with Crippen molar-refractivity contribution in [3.63, 3.8) is 0 Å². The van der Waals surface area contributed by atoms with Gasteiger partial charge in [0.15, 0.2) is 0 Å². The lowest BCUT2D eigenvalue weighted by Gasteiger charge is -2.27. The highest BCUT2D eigenvalue weighted by Gasteiger charge is 2.22. The van der Waals surface area contributed by atoms with E-state index in [4.69, 9.17) is 10.5 Å². The number of carbonyl (C=O) groups is 2. The molecule has 1 aliphatic carbocycles. The largest absolute Gasteiger partial charge is 0.497 e. The van der Waals surface area contributed by atoms with Crippen LogP contribution in [0.2, 0.25) is 0 Å². The number of nitrogens with one attached hydrogen (secondary N) is 1. The molecule has 0 radical (unpaired) electrons. The third-order valence-electron chi connectivity index (χ3n) is 6.10. The minimum Gasteiger partial charge on any atom is -0.497 e. The van der Waals surface area contributed by atoms with E-state index in [1.807, 2.05) is 6.07 Å². The summed E-state index contributed by atoms with van der Waals surface area (Å²) in [4.78, 5) is 24.5. The van der Waals surface area contributed by atoms with E-state index in [9.17, 15) is 14.0 Å². The molecule has 0 heterocycles. The number of anilines is 1. The van der Waals surface area contributed by atoms with Gasteiger partial charge in [-0.3, -0.25) is 9.59 Å². The average molecular weight is 441 g/mol. The van der Waals surface area contributed by atoms with Gasteiger partial charge >= 0.3 is 0 Å². The molecular weight excluding hydrogens is 407 g/mol. The van der Waals surface area contributed by atoms with E-state index in [2.05, 4.69) is 17.4 Å². The zero-order valence-corrected chi connectivity index (χ0v) is 18.8. The molecule has 32 heavy (non-hydrogen) atoms. The first-order valence-corrected chi connectivity index (χ1v) is 11.5. The molecule has 0 fully saturated rings. The van der Waals surface area contributed by atoms with E-state index in [0.29, 0.717) is 24.1 Å². The number of fused-ring (bicyclic) bond motifs is 1. The summed E-state index contributed by atoms with van der Waals surface area (Å²) in [6.07, 6.45) is 7.69.